The van der Waals surface area contributed by atoms with Crippen molar-refractivity contribution in [2.45, 2.75) is 38.9 Å². The SMILES string of the molecule is CCCCCS(=O)(=O)CC(=O)Nc1cc(CN)cc(C(F)(F)F)c1.Cl. The van der Waals surface area contributed by atoms with Crippen LogP contribution in [0.4, 0.5) is 18.9 Å². The Bertz CT molecular complexity index is 679. The lowest BCUT2D eigenvalue weighted by Gasteiger charge is -2.12. The third-order valence-electron chi connectivity index (χ3n) is 3.25. The lowest BCUT2D eigenvalue weighted by Crippen LogP contribution is -2.25. The second-order valence-electron chi connectivity index (χ2n) is 5.47. The van der Waals surface area contributed by atoms with E-state index in [1.807, 2.05) is 6.92 Å². The number of carbonyl (C=O) groups is 1. The highest BCUT2D eigenvalue weighted by Crippen LogP contribution is 2.32. The summed E-state index contributed by atoms with van der Waals surface area (Å²) < 4.78 is 62.0. The van der Waals surface area contributed by atoms with Gasteiger partial charge >= 0.3 is 6.18 Å². The van der Waals surface area contributed by atoms with Crippen LogP contribution in [0.3, 0.4) is 0 Å². The number of amides is 1. The Morgan fingerprint density at radius 3 is 2.36 bits per heavy atom. The van der Waals surface area contributed by atoms with Crippen LogP contribution in [-0.2, 0) is 27.4 Å². The second-order valence-corrected chi connectivity index (χ2v) is 7.65. The summed E-state index contributed by atoms with van der Waals surface area (Å²) in [7, 11) is -3.59. The largest absolute Gasteiger partial charge is 0.416 e. The predicted octanol–water partition coefficient (Wildman–Crippen LogP) is 3.13. The number of benzene rings is 1. The molecule has 25 heavy (non-hydrogen) atoms. The Morgan fingerprint density at radius 1 is 1.20 bits per heavy atom. The number of sulfone groups is 1. The molecule has 0 aromatic heterocycles. The number of carbonyl (C=O) groups excluding carboxylic acids is 1. The highest BCUT2D eigenvalue weighted by Gasteiger charge is 2.31. The van der Waals surface area contributed by atoms with E-state index in [-0.39, 0.29) is 36.0 Å². The average molecular weight is 403 g/mol. The van der Waals surface area contributed by atoms with Crippen LogP contribution in [0.15, 0.2) is 18.2 Å². The van der Waals surface area contributed by atoms with Crippen LogP contribution in [0.5, 0.6) is 0 Å². The zero-order valence-electron chi connectivity index (χ0n) is 13.7. The molecule has 144 valence electrons. The summed E-state index contributed by atoms with van der Waals surface area (Å²) in [6.07, 6.45) is -2.56. The van der Waals surface area contributed by atoms with Crippen molar-refractivity contribution in [3.05, 3.63) is 29.3 Å². The van der Waals surface area contributed by atoms with E-state index in [9.17, 15) is 26.4 Å². The van der Waals surface area contributed by atoms with Crippen molar-refractivity contribution in [1.29, 1.82) is 0 Å². The van der Waals surface area contributed by atoms with Crippen LogP contribution in [-0.4, -0.2) is 25.8 Å². The summed E-state index contributed by atoms with van der Waals surface area (Å²) in [5, 5.41) is 2.20. The van der Waals surface area contributed by atoms with Gasteiger partial charge in [0.05, 0.1) is 11.3 Å². The van der Waals surface area contributed by atoms with Gasteiger partial charge in [0.25, 0.3) is 0 Å². The number of alkyl halides is 3. The molecular weight excluding hydrogens is 381 g/mol. The highest BCUT2D eigenvalue weighted by atomic mass is 35.5. The third kappa shape index (κ3) is 8.55. The molecule has 0 saturated carbocycles. The van der Waals surface area contributed by atoms with Gasteiger partial charge < -0.3 is 11.1 Å². The molecule has 0 heterocycles. The maximum absolute atomic E-state index is 12.8. The van der Waals surface area contributed by atoms with Crippen LogP contribution in [0.25, 0.3) is 0 Å². The van der Waals surface area contributed by atoms with Crippen molar-refractivity contribution in [2.75, 3.05) is 16.8 Å². The number of hydrogen-bond donors (Lipinski definition) is 2. The van der Waals surface area contributed by atoms with E-state index in [0.29, 0.717) is 6.42 Å². The van der Waals surface area contributed by atoms with Gasteiger partial charge in [-0.1, -0.05) is 19.8 Å². The monoisotopic (exact) mass is 402 g/mol. The van der Waals surface area contributed by atoms with E-state index in [2.05, 4.69) is 5.32 Å². The zero-order valence-corrected chi connectivity index (χ0v) is 15.4. The molecule has 0 unspecified atom stereocenters. The number of halogens is 4. The van der Waals surface area contributed by atoms with E-state index in [4.69, 9.17) is 5.73 Å². The third-order valence-corrected chi connectivity index (χ3v) is 4.86. The van der Waals surface area contributed by atoms with Crippen LogP contribution in [0.1, 0.15) is 37.3 Å². The second kappa shape index (κ2) is 9.98. The standard InChI is InChI=1S/C15H21F3N2O3S.ClH/c1-2-3-4-5-24(22,23)10-14(21)20-13-7-11(9-19)6-12(8-13)15(16,17)18;/h6-8H,2-5,9-10,19H2,1H3,(H,20,21);1H. The van der Waals surface area contributed by atoms with Gasteiger partial charge in [-0.05, 0) is 30.2 Å². The number of rotatable bonds is 8. The van der Waals surface area contributed by atoms with Crippen molar-refractivity contribution in [3.63, 3.8) is 0 Å². The maximum Gasteiger partial charge on any atom is 0.416 e. The van der Waals surface area contributed by atoms with Gasteiger partial charge in [0.15, 0.2) is 9.84 Å². The summed E-state index contributed by atoms with van der Waals surface area (Å²) >= 11 is 0. The molecule has 0 aliphatic heterocycles. The topological polar surface area (TPSA) is 89.3 Å². The molecule has 0 bridgehead atoms. The Kier molecular flexibility index (Phi) is 9.45. The molecular formula is C15H22ClF3N2O3S. The smallest absolute Gasteiger partial charge is 0.326 e. The minimum absolute atomic E-state index is 0. The number of nitrogens with two attached hydrogens (primary N) is 1. The van der Waals surface area contributed by atoms with Gasteiger partial charge in [-0.2, -0.15) is 13.2 Å². The fraction of sp³-hybridized carbons (Fsp3) is 0.533. The first-order valence-electron chi connectivity index (χ1n) is 7.49. The van der Waals surface area contributed by atoms with Crippen LogP contribution < -0.4 is 11.1 Å². The first-order chi connectivity index (χ1) is 11.1. The Morgan fingerprint density at radius 2 is 1.84 bits per heavy atom. The first-order valence-corrected chi connectivity index (χ1v) is 9.31. The molecule has 0 aliphatic rings. The molecule has 3 N–H and O–H groups in total. The first kappa shape index (κ1) is 23.7. The number of hydrogen-bond acceptors (Lipinski definition) is 4. The van der Waals surface area contributed by atoms with Crippen molar-refractivity contribution in [2.24, 2.45) is 5.73 Å². The summed E-state index contributed by atoms with van der Waals surface area (Å²) in [5.41, 5.74) is 4.46. The van der Waals surface area contributed by atoms with E-state index in [1.54, 1.807) is 0 Å². The highest BCUT2D eigenvalue weighted by molar-refractivity contribution is 7.92. The number of anilines is 1. The fourth-order valence-corrected chi connectivity index (χ4v) is 3.35. The molecule has 0 aliphatic carbocycles. The Hall–Kier alpha value is -1.32. The van der Waals surface area contributed by atoms with Crippen LogP contribution in [0, 0.1) is 0 Å². The number of nitrogens with one attached hydrogen (secondary N) is 1. The van der Waals surface area contributed by atoms with Gasteiger partial charge in [0.2, 0.25) is 5.91 Å². The quantitative estimate of drug-likeness (QED) is 0.654. The van der Waals surface area contributed by atoms with Gasteiger partial charge in [0, 0.05) is 12.2 Å². The molecule has 5 nitrogen and oxygen atoms in total. The van der Waals surface area contributed by atoms with Crippen molar-refractivity contribution < 1.29 is 26.4 Å². The van der Waals surface area contributed by atoms with Crippen molar-refractivity contribution >= 4 is 33.8 Å². The Labute approximate surface area is 151 Å². The predicted molar refractivity (Wildman–Crippen MR) is 93.4 cm³/mol. The van der Waals surface area contributed by atoms with E-state index >= 15 is 0 Å². The summed E-state index contributed by atoms with van der Waals surface area (Å²) in [5.74, 6) is -1.75. The molecule has 10 heteroatoms. The van der Waals surface area contributed by atoms with E-state index in [0.717, 1.165) is 25.0 Å². The molecule has 0 radical (unpaired) electrons. The van der Waals surface area contributed by atoms with Gasteiger partial charge in [-0.3, -0.25) is 4.79 Å². The van der Waals surface area contributed by atoms with Crippen molar-refractivity contribution in [3.8, 4) is 0 Å². The fourth-order valence-electron chi connectivity index (χ4n) is 2.09. The zero-order chi connectivity index (χ0) is 18.4. The van der Waals surface area contributed by atoms with E-state index in [1.165, 1.54) is 6.07 Å². The normalized spacial score (nSPS) is 11.7. The van der Waals surface area contributed by atoms with Gasteiger partial charge in [-0.25, -0.2) is 8.42 Å². The van der Waals surface area contributed by atoms with Gasteiger partial charge in [0.1, 0.15) is 5.75 Å². The van der Waals surface area contributed by atoms with E-state index < -0.39 is 33.2 Å². The molecule has 0 spiro atoms. The van der Waals surface area contributed by atoms with Crippen molar-refractivity contribution in [1.82, 2.24) is 0 Å². The summed E-state index contributed by atoms with van der Waals surface area (Å²) in [4.78, 5) is 11.8. The average Bonchev–Trinajstić information content (AvgIpc) is 2.45. The molecule has 1 aromatic rings. The lowest BCUT2D eigenvalue weighted by molar-refractivity contribution is -0.137. The van der Waals surface area contributed by atoms with Crippen LogP contribution in [0.2, 0.25) is 0 Å². The summed E-state index contributed by atoms with van der Waals surface area (Å²) in [6.45, 7) is 1.78. The van der Waals surface area contributed by atoms with Gasteiger partial charge in [-0.15, -0.1) is 12.4 Å². The number of unbranched alkanes of at least 4 members (excludes halogenated alkanes) is 2. The lowest BCUT2D eigenvalue weighted by atomic mass is 10.1. The molecule has 0 saturated heterocycles. The maximum atomic E-state index is 12.8. The molecule has 1 amide bonds. The molecule has 1 aromatic carbocycles. The minimum atomic E-state index is -4.59. The molecule has 1 rings (SSSR count). The Balaban J connectivity index is 0.00000576. The molecule has 0 atom stereocenters. The van der Waals surface area contributed by atoms with Crippen LogP contribution >= 0.6 is 12.4 Å². The summed E-state index contributed by atoms with van der Waals surface area (Å²) in [6, 6.07) is 2.93. The minimum Gasteiger partial charge on any atom is -0.326 e. The molecule has 0 fully saturated rings.